The van der Waals surface area contributed by atoms with E-state index in [0.29, 0.717) is 12.1 Å². The number of nitrogens with zero attached hydrogens (tertiary/aromatic N) is 3. The van der Waals surface area contributed by atoms with Gasteiger partial charge in [-0.2, -0.15) is 0 Å². The van der Waals surface area contributed by atoms with Crippen LogP contribution < -0.4 is 11.2 Å². The van der Waals surface area contributed by atoms with Gasteiger partial charge in [0.15, 0.2) is 4.96 Å². The Kier molecular flexibility index (Phi) is 2.41. The van der Waals surface area contributed by atoms with Crippen LogP contribution in [-0.4, -0.2) is 18.9 Å². The summed E-state index contributed by atoms with van der Waals surface area (Å²) in [6.45, 7) is 2.02. The predicted molar refractivity (Wildman–Crippen MR) is 68.2 cm³/mol. The summed E-state index contributed by atoms with van der Waals surface area (Å²) in [5, 5.41) is 1.95. The third-order valence-corrected chi connectivity index (χ3v) is 3.44. The number of aromatic amines is 1. The Hall–Kier alpha value is -2.15. The second kappa shape index (κ2) is 3.95. The molecule has 0 aliphatic heterocycles. The van der Waals surface area contributed by atoms with E-state index in [0.717, 1.165) is 10.7 Å². The van der Waals surface area contributed by atoms with Crippen LogP contribution in [0.2, 0.25) is 0 Å². The lowest BCUT2D eigenvalue weighted by atomic mass is 10.4. The second-order valence-electron chi connectivity index (χ2n) is 4.02. The maximum atomic E-state index is 11.6. The van der Waals surface area contributed by atoms with Gasteiger partial charge in [-0.05, 0) is 6.92 Å². The van der Waals surface area contributed by atoms with Gasteiger partial charge in [0.05, 0.1) is 12.2 Å². The fourth-order valence-electron chi connectivity index (χ4n) is 1.76. The van der Waals surface area contributed by atoms with E-state index in [9.17, 15) is 9.59 Å². The van der Waals surface area contributed by atoms with E-state index >= 15 is 0 Å². The fourth-order valence-corrected chi connectivity index (χ4v) is 2.48. The molecular weight excluding hydrogens is 252 g/mol. The molecule has 0 saturated carbocycles. The SMILES string of the molecule is Cc1cn(Cc2cn3ccsc3n2)c(=O)[nH]c1=O. The van der Waals surface area contributed by atoms with Gasteiger partial charge in [-0.25, -0.2) is 9.78 Å². The molecule has 6 nitrogen and oxygen atoms in total. The van der Waals surface area contributed by atoms with Crippen LogP contribution >= 0.6 is 11.3 Å². The molecule has 0 unspecified atom stereocenters. The van der Waals surface area contributed by atoms with Crippen LogP contribution in [-0.2, 0) is 6.54 Å². The minimum Gasteiger partial charge on any atom is -0.297 e. The number of imidazole rings is 1. The Morgan fingerprint density at radius 2 is 2.22 bits per heavy atom. The molecule has 3 aromatic rings. The monoisotopic (exact) mass is 262 g/mol. The van der Waals surface area contributed by atoms with Gasteiger partial charge in [-0.15, -0.1) is 11.3 Å². The summed E-state index contributed by atoms with van der Waals surface area (Å²) in [5.41, 5.74) is 0.537. The van der Waals surface area contributed by atoms with Crippen molar-refractivity contribution in [1.82, 2.24) is 18.9 Å². The molecule has 3 heterocycles. The first kappa shape index (κ1) is 11.0. The first-order valence-corrected chi connectivity index (χ1v) is 6.23. The van der Waals surface area contributed by atoms with E-state index < -0.39 is 5.69 Å². The van der Waals surface area contributed by atoms with Crippen LogP contribution in [0.15, 0.2) is 33.6 Å². The predicted octanol–water partition coefficient (Wildman–Crippen LogP) is 0.603. The lowest BCUT2D eigenvalue weighted by Gasteiger charge is -2.02. The first-order valence-electron chi connectivity index (χ1n) is 5.35. The molecule has 0 aliphatic carbocycles. The van der Waals surface area contributed by atoms with Crippen LogP contribution in [0.4, 0.5) is 0 Å². The molecule has 0 bridgehead atoms. The number of aryl methyl sites for hydroxylation is 1. The average Bonchev–Trinajstić information content (AvgIpc) is 2.86. The number of H-pyrrole nitrogens is 1. The van der Waals surface area contributed by atoms with Gasteiger partial charge in [0.1, 0.15) is 0 Å². The molecule has 18 heavy (non-hydrogen) atoms. The quantitative estimate of drug-likeness (QED) is 0.735. The van der Waals surface area contributed by atoms with E-state index in [-0.39, 0.29) is 5.56 Å². The van der Waals surface area contributed by atoms with E-state index in [1.54, 1.807) is 13.1 Å². The normalized spacial score (nSPS) is 11.2. The molecule has 92 valence electrons. The third-order valence-electron chi connectivity index (χ3n) is 2.66. The van der Waals surface area contributed by atoms with Crippen LogP contribution in [0.3, 0.4) is 0 Å². The van der Waals surface area contributed by atoms with Crippen molar-refractivity contribution in [3.8, 4) is 0 Å². The molecule has 0 spiro atoms. The highest BCUT2D eigenvalue weighted by atomic mass is 32.1. The molecule has 0 fully saturated rings. The van der Waals surface area contributed by atoms with E-state index in [1.165, 1.54) is 15.9 Å². The van der Waals surface area contributed by atoms with Gasteiger partial charge in [0, 0.05) is 29.5 Å². The van der Waals surface area contributed by atoms with E-state index in [4.69, 9.17) is 0 Å². The number of thiazole rings is 1. The van der Waals surface area contributed by atoms with Crippen LogP contribution in [0.1, 0.15) is 11.3 Å². The van der Waals surface area contributed by atoms with Crippen molar-refractivity contribution in [2.75, 3.05) is 0 Å². The summed E-state index contributed by atoms with van der Waals surface area (Å²) < 4.78 is 3.35. The average molecular weight is 262 g/mol. The molecule has 3 aromatic heterocycles. The summed E-state index contributed by atoms with van der Waals surface area (Å²) in [6, 6.07) is 0. The topological polar surface area (TPSA) is 72.2 Å². The van der Waals surface area contributed by atoms with E-state index in [2.05, 4.69) is 9.97 Å². The Balaban J connectivity index is 2.02. The van der Waals surface area contributed by atoms with Gasteiger partial charge in [-0.1, -0.05) is 0 Å². The van der Waals surface area contributed by atoms with Crippen molar-refractivity contribution in [2.24, 2.45) is 0 Å². The molecule has 7 heteroatoms. The first-order chi connectivity index (χ1) is 8.63. The highest BCUT2D eigenvalue weighted by molar-refractivity contribution is 7.15. The summed E-state index contributed by atoms with van der Waals surface area (Å²) in [4.78, 5) is 30.4. The molecule has 1 N–H and O–H groups in total. The molecule has 0 aromatic carbocycles. The van der Waals surface area contributed by atoms with Crippen LogP contribution in [0.25, 0.3) is 4.96 Å². The van der Waals surface area contributed by atoms with Gasteiger partial charge < -0.3 is 0 Å². The second-order valence-corrected chi connectivity index (χ2v) is 4.90. The zero-order valence-corrected chi connectivity index (χ0v) is 10.4. The smallest absolute Gasteiger partial charge is 0.297 e. The number of hydrogen-bond donors (Lipinski definition) is 1. The Morgan fingerprint density at radius 1 is 1.39 bits per heavy atom. The zero-order chi connectivity index (χ0) is 12.7. The highest BCUT2D eigenvalue weighted by Gasteiger charge is 2.06. The number of nitrogens with one attached hydrogen (secondary N) is 1. The Morgan fingerprint density at radius 3 is 3.00 bits per heavy atom. The third kappa shape index (κ3) is 1.78. The van der Waals surface area contributed by atoms with Crippen molar-refractivity contribution in [3.63, 3.8) is 0 Å². The maximum Gasteiger partial charge on any atom is 0.328 e. The molecular formula is C11H10N4O2S. The van der Waals surface area contributed by atoms with Crippen molar-refractivity contribution in [3.05, 3.63) is 56.1 Å². The minimum atomic E-state index is -0.415. The Labute approximate surface area is 105 Å². The molecule has 3 rings (SSSR count). The van der Waals surface area contributed by atoms with Gasteiger partial charge in [0.2, 0.25) is 0 Å². The van der Waals surface area contributed by atoms with E-state index in [1.807, 2.05) is 22.2 Å². The molecule has 0 radical (unpaired) electrons. The van der Waals surface area contributed by atoms with Crippen molar-refractivity contribution < 1.29 is 0 Å². The largest absolute Gasteiger partial charge is 0.328 e. The van der Waals surface area contributed by atoms with Gasteiger partial charge in [-0.3, -0.25) is 18.7 Å². The van der Waals surface area contributed by atoms with Crippen molar-refractivity contribution >= 4 is 16.3 Å². The molecule has 0 atom stereocenters. The Bertz CT molecular complexity index is 795. The van der Waals surface area contributed by atoms with Crippen molar-refractivity contribution in [2.45, 2.75) is 13.5 Å². The molecule has 0 amide bonds. The van der Waals surface area contributed by atoms with Crippen molar-refractivity contribution in [1.29, 1.82) is 0 Å². The fraction of sp³-hybridized carbons (Fsp3) is 0.182. The lowest BCUT2D eigenvalue weighted by Crippen LogP contribution is -2.31. The lowest BCUT2D eigenvalue weighted by molar-refractivity contribution is 0.702. The summed E-state index contributed by atoms with van der Waals surface area (Å²) >= 11 is 1.54. The maximum absolute atomic E-state index is 11.6. The highest BCUT2D eigenvalue weighted by Crippen LogP contribution is 2.11. The molecule has 0 saturated heterocycles. The van der Waals surface area contributed by atoms with Gasteiger partial charge >= 0.3 is 5.69 Å². The summed E-state index contributed by atoms with van der Waals surface area (Å²) in [7, 11) is 0. The van der Waals surface area contributed by atoms with Crippen LogP contribution in [0.5, 0.6) is 0 Å². The minimum absolute atomic E-state index is 0.345. The van der Waals surface area contributed by atoms with Gasteiger partial charge in [0.25, 0.3) is 5.56 Å². The number of fused-ring (bicyclic) bond motifs is 1. The number of rotatable bonds is 2. The zero-order valence-electron chi connectivity index (χ0n) is 9.58. The van der Waals surface area contributed by atoms with Crippen LogP contribution in [0, 0.1) is 6.92 Å². The number of aromatic nitrogens is 4. The molecule has 0 aliphatic rings. The summed E-state index contributed by atoms with van der Waals surface area (Å²) in [6.07, 6.45) is 5.34. The number of hydrogen-bond acceptors (Lipinski definition) is 4. The standard InChI is InChI=1S/C11H10N4O2S/c1-7-4-15(10(17)13-9(7)16)6-8-5-14-2-3-18-11(14)12-8/h2-5H,6H2,1H3,(H,13,16,17). The summed E-state index contributed by atoms with van der Waals surface area (Å²) in [5.74, 6) is 0.